The molecule has 2 aromatic rings. The highest BCUT2D eigenvalue weighted by Crippen LogP contribution is 2.25. The molecule has 6 heteroatoms. The molecule has 0 aliphatic carbocycles. The van der Waals surface area contributed by atoms with Crippen molar-refractivity contribution < 1.29 is 18.7 Å². The summed E-state index contributed by atoms with van der Waals surface area (Å²) in [4.78, 5) is 25.1. The third-order valence-corrected chi connectivity index (χ3v) is 2.69. The molecule has 2 rings (SSSR count). The van der Waals surface area contributed by atoms with Gasteiger partial charge in [0, 0.05) is 26.6 Å². The maximum Gasteiger partial charge on any atom is 0.349 e. The van der Waals surface area contributed by atoms with Gasteiger partial charge in [-0.2, -0.15) is 0 Å². The predicted molar refractivity (Wildman–Crippen MR) is 73.0 cm³/mol. The van der Waals surface area contributed by atoms with Gasteiger partial charge < -0.3 is 18.8 Å². The third-order valence-electron chi connectivity index (χ3n) is 2.69. The molecule has 106 valence electrons. The van der Waals surface area contributed by atoms with Gasteiger partial charge in [0.25, 0.3) is 5.91 Å². The van der Waals surface area contributed by atoms with E-state index in [1.54, 1.807) is 32.3 Å². The predicted octanol–water partition coefficient (Wildman–Crippen LogP) is 1.48. The monoisotopic (exact) mass is 277 g/mol. The van der Waals surface area contributed by atoms with Crippen LogP contribution in [0, 0.1) is 0 Å². The average Bonchev–Trinajstić information content (AvgIpc) is 2.43. The van der Waals surface area contributed by atoms with Crippen molar-refractivity contribution in [1.82, 2.24) is 4.90 Å². The van der Waals surface area contributed by atoms with Gasteiger partial charge in [-0.3, -0.25) is 4.79 Å². The minimum Gasteiger partial charge on any atom is -0.464 e. The lowest BCUT2D eigenvalue weighted by atomic mass is 10.1. The van der Waals surface area contributed by atoms with Crippen LogP contribution in [0.2, 0.25) is 0 Å². The first kappa shape index (κ1) is 14.1. The van der Waals surface area contributed by atoms with Gasteiger partial charge >= 0.3 is 5.63 Å². The van der Waals surface area contributed by atoms with Crippen molar-refractivity contribution in [3.63, 3.8) is 0 Å². The topological polar surface area (TPSA) is 69.0 Å². The molecular formula is C14H15NO5. The smallest absolute Gasteiger partial charge is 0.349 e. The minimum absolute atomic E-state index is 0.00797. The van der Waals surface area contributed by atoms with Crippen LogP contribution in [-0.2, 0) is 4.74 Å². The summed E-state index contributed by atoms with van der Waals surface area (Å²) in [6, 6.07) is 6.66. The van der Waals surface area contributed by atoms with Gasteiger partial charge in [-0.15, -0.1) is 0 Å². The molecule has 0 fully saturated rings. The van der Waals surface area contributed by atoms with E-state index in [4.69, 9.17) is 13.9 Å². The molecule has 0 saturated carbocycles. The Hall–Kier alpha value is -2.34. The largest absolute Gasteiger partial charge is 0.464 e. The fourth-order valence-corrected chi connectivity index (χ4v) is 1.74. The van der Waals surface area contributed by atoms with Gasteiger partial charge in [0.1, 0.15) is 5.56 Å². The number of nitrogens with zero attached hydrogens (tertiary/aromatic N) is 1. The molecule has 0 spiro atoms. The maximum absolute atomic E-state index is 11.9. The first-order valence-electron chi connectivity index (χ1n) is 5.95. The molecule has 1 amide bonds. The number of hydrogen-bond acceptors (Lipinski definition) is 5. The van der Waals surface area contributed by atoms with Crippen LogP contribution in [0.3, 0.4) is 0 Å². The van der Waals surface area contributed by atoms with Crippen LogP contribution < -0.4 is 10.4 Å². The standard InChI is InChI=1S/C14H15NO5/c1-15(2)13(16)10-7-9-5-4-6-11(19-8-18-3)12(9)20-14(10)17/h4-7H,8H2,1-3H3. The van der Waals surface area contributed by atoms with Crippen molar-refractivity contribution in [2.75, 3.05) is 28.0 Å². The van der Waals surface area contributed by atoms with E-state index in [2.05, 4.69) is 0 Å². The van der Waals surface area contributed by atoms with Gasteiger partial charge in [0.2, 0.25) is 0 Å². The quantitative estimate of drug-likeness (QED) is 0.625. The summed E-state index contributed by atoms with van der Waals surface area (Å²) in [7, 11) is 4.64. The van der Waals surface area contributed by atoms with Crippen LogP contribution in [-0.4, -0.2) is 38.8 Å². The molecule has 0 radical (unpaired) electrons. The first-order valence-corrected chi connectivity index (χ1v) is 5.95. The summed E-state index contributed by atoms with van der Waals surface area (Å²) in [6.45, 7) is 0.0429. The molecule has 1 aromatic carbocycles. The highest BCUT2D eigenvalue weighted by molar-refractivity contribution is 5.97. The van der Waals surface area contributed by atoms with Crippen LogP contribution in [0.1, 0.15) is 10.4 Å². The zero-order chi connectivity index (χ0) is 14.7. The molecular weight excluding hydrogens is 262 g/mol. The number of carbonyl (C=O) groups is 1. The number of methoxy groups -OCH3 is 1. The SMILES string of the molecule is COCOc1cccc2cc(C(=O)N(C)C)c(=O)oc12. The average molecular weight is 277 g/mol. The van der Waals surface area contributed by atoms with Crippen molar-refractivity contribution in [3.8, 4) is 5.75 Å². The number of hydrogen-bond donors (Lipinski definition) is 0. The molecule has 0 N–H and O–H groups in total. The Bertz CT molecular complexity index is 690. The van der Waals surface area contributed by atoms with E-state index in [1.807, 2.05) is 0 Å². The molecule has 0 aliphatic heterocycles. The van der Waals surface area contributed by atoms with Gasteiger partial charge in [-0.1, -0.05) is 12.1 Å². The second-order valence-electron chi connectivity index (χ2n) is 4.37. The fraction of sp³-hybridized carbons (Fsp3) is 0.286. The first-order chi connectivity index (χ1) is 9.54. The number of para-hydroxylation sites is 1. The van der Waals surface area contributed by atoms with Gasteiger partial charge in [-0.05, 0) is 12.1 Å². The Morgan fingerprint density at radius 2 is 2.10 bits per heavy atom. The van der Waals surface area contributed by atoms with Crippen molar-refractivity contribution in [1.29, 1.82) is 0 Å². The Morgan fingerprint density at radius 1 is 1.35 bits per heavy atom. The lowest BCUT2D eigenvalue weighted by Gasteiger charge is -2.10. The third kappa shape index (κ3) is 2.65. The molecule has 0 aliphatic rings. The van der Waals surface area contributed by atoms with Crippen molar-refractivity contribution >= 4 is 16.9 Å². The lowest BCUT2D eigenvalue weighted by molar-refractivity contribution is 0.0514. The van der Waals surface area contributed by atoms with E-state index in [0.717, 1.165) is 0 Å². The van der Waals surface area contributed by atoms with E-state index >= 15 is 0 Å². The fourth-order valence-electron chi connectivity index (χ4n) is 1.74. The van der Waals surface area contributed by atoms with E-state index in [1.165, 1.54) is 18.1 Å². The van der Waals surface area contributed by atoms with Crippen LogP contribution in [0.15, 0.2) is 33.5 Å². The summed E-state index contributed by atoms with van der Waals surface area (Å²) in [5, 5.41) is 0.614. The highest BCUT2D eigenvalue weighted by Gasteiger charge is 2.16. The number of amides is 1. The Labute approximate surface area is 115 Å². The maximum atomic E-state index is 11.9. The minimum atomic E-state index is -0.690. The number of rotatable bonds is 4. The number of fused-ring (bicyclic) bond motifs is 1. The van der Waals surface area contributed by atoms with E-state index in [-0.39, 0.29) is 12.4 Å². The van der Waals surface area contributed by atoms with Crippen molar-refractivity contribution in [2.45, 2.75) is 0 Å². The van der Waals surface area contributed by atoms with Crippen LogP contribution in [0.4, 0.5) is 0 Å². The number of ether oxygens (including phenoxy) is 2. The second kappa shape index (κ2) is 5.75. The summed E-state index contributed by atoms with van der Waals surface area (Å²) in [5.74, 6) is -0.00540. The van der Waals surface area contributed by atoms with Crippen LogP contribution >= 0.6 is 0 Å². The summed E-state index contributed by atoms with van der Waals surface area (Å²) >= 11 is 0. The molecule has 6 nitrogen and oxygen atoms in total. The Balaban J connectivity index is 2.56. The molecule has 0 saturated heterocycles. The van der Waals surface area contributed by atoms with E-state index in [0.29, 0.717) is 16.7 Å². The number of carbonyl (C=O) groups excluding carboxylic acids is 1. The molecule has 20 heavy (non-hydrogen) atoms. The van der Waals surface area contributed by atoms with E-state index < -0.39 is 11.5 Å². The molecule has 0 unspecified atom stereocenters. The molecule has 0 atom stereocenters. The molecule has 0 bridgehead atoms. The number of benzene rings is 1. The summed E-state index contributed by atoms with van der Waals surface area (Å²) < 4.78 is 15.3. The lowest BCUT2D eigenvalue weighted by Crippen LogP contribution is -2.27. The van der Waals surface area contributed by atoms with Crippen molar-refractivity contribution in [2.24, 2.45) is 0 Å². The summed E-state index contributed by atoms with van der Waals surface area (Å²) in [5.41, 5.74) is -0.402. The zero-order valence-corrected chi connectivity index (χ0v) is 11.5. The molecule has 1 aromatic heterocycles. The summed E-state index contributed by atoms with van der Waals surface area (Å²) in [6.07, 6.45) is 0. The van der Waals surface area contributed by atoms with Crippen molar-refractivity contribution in [3.05, 3.63) is 40.2 Å². The Kier molecular flexibility index (Phi) is 4.05. The zero-order valence-electron chi connectivity index (χ0n) is 11.5. The highest BCUT2D eigenvalue weighted by atomic mass is 16.7. The van der Waals surface area contributed by atoms with Crippen LogP contribution in [0.25, 0.3) is 11.0 Å². The van der Waals surface area contributed by atoms with E-state index in [9.17, 15) is 9.59 Å². The van der Waals surface area contributed by atoms with Crippen LogP contribution in [0.5, 0.6) is 5.75 Å². The second-order valence-corrected chi connectivity index (χ2v) is 4.37. The Morgan fingerprint density at radius 3 is 2.75 bits per heavy atom. The van der Waals surface area contributed by atoms with Gasteiger partial charge in [0.15, 0.2) is 18.1 Å². The van der Waals surface area contributed by atoms with Gasteiger partial charge in [-0.25, -0.2) is 4.79 Å². The normalized spacial score (nSPS) is 10.6. The molecule has 1 heterocycles. The van der Waals surface area contributed by atoms with Gasteiger partial charge in [0.05, 0.1) is 0 Å².